The van der Waals surface area contributed by atoms with Crippen LogP contribution in [-0.2, 0) is 34.0 Å². The van der Waals surface area contributed by atoms with Crippen molar-refractivity contribution in [1.82, 2.24) is 15.2 Å². The smallest absolute Gasteiger partial charge is 0.338 e. The number of benzene rings is 5. The molecule has 0 unspecified atom stereocenters. The Bertz CT molecular complexity index is 2550. The van der Waals surface area contributed by atoms with Crippen LogP contribution in [0, 0.1) is 5.92 Å². The molecular formula is C50H51N3O9. The highest BCUT2D eigenvalue weighted by Crippen LogP contribution is 2.34. The monoisotopic (exact) mass is 837 g/mol. The number of methoxy groups -OCH3 is 1. The molecule has 3 aliphatic rings. The van der Waals surface area contributed by atoms with Crippen molar-refractivity contribution in [2.24, 2.45) is 5.92 Å². The van der Waals surface area contributed by atoms with Crippen molar-refractivity contribution >= 4 is 22.8 Å². The fraction of sp³-hybridized carbons (Fsp3) is 0.300. The number of nitrogens with zero attached hydrogens (tertiary/aromatic N) is 1. The second-order valence-electron chi connectivity index (χ2n) is 16.0. The van der Waals surface area contributed by atoms with Crippen molar-refractivity contribution in [2.75, 3.05) is 33.3 Å². The van der Waals surface area contributed by atoms with Gasteiger partial charge in [0.25, 0.3) is 0 Å². The van der Waals surface area contributed by atoms with Gasteiger partial charge in [-0.1, -0.05) is 72.8 Å². The lowest BCUT2D eigenvalue weighted by atomic mass is 9.85. The number of phenolic OH excluding ortho intramolecular Hbond substituents is 1. The summed E-state index contributed by atoms with van der Waals surface area (Å²) in [4.78, 5) is 43.1. The summed E-state index contributed by atoms with van der Waals surface area (Å²) in [6.45, 7) is 3.93. The minimum atomic E-state index is -0.907. The van der Waals surface area contributed by atoms with E-state index in [9.17, 15) is 24.6 Å². The number of rotatable bonds is 17. The van der Waals surface area contributed by atoms with Crippen LogP contribution in [0.5, 0.6) is 17.2 Å². The van der Waals surface area contributed by atoms with E-state index >= 15 is 0 Å². The van der Waals surface area contributed by atoms with Crippen LogP contribution in [0.1, 0.15) is 75.0 Å². The van der Waals surface area contributed by atoms with Crippen molar-refractivity contribution in [3.63, 3.8) is 0 Å². The average Bonchev–Trinajstić information content (AvgIpc) is 3.30. The Morgan fingerprint density at radius 2 is 1.63 bits per heavy atom. The molecule has 5 aromatic carbocycles. The summed E-state index contributed by atoms with van der Waals surface area (Å²) in [6.07, 6.45) is 1.47. The zero-order chi connectivity index (χ0) is 43.0. The number of aliphatic hydroxyl groups is 1. The molecule has 4 heterocycles. The SMILES string of the molecule is COc1cc(COC(=O)c2ccc(COc3cccc([C@@H](CC(=O)O[C@H]4CN5CCC4CC5)c4ccccc4)c3)cc2)ccc1CNC[C@H](O)c1ccc(O)c2[nH]c(=O)ccc12. The van der Waals surface area contributed by atoms with E-state index in [2.05, 4.69) is 15.2 Å². The minimum Gasteiger partial charge on any atom is -0.506 e. The average molecular weight is 838 g/mol. The fourth-order valence-electron chi connectivity index (χ4n) is 8.53. The molecule has 320 valence electrons. The second kappa shape index (κ2) is 19.5. The molecule has 2 bridgehead atoms. The Balaban J connectivity index is 0.822. The Morgan fingerprint density at radius 3 is 2.39 bits per heavy atom. The number of aliphatic hydroxyl groups excluding tert-OH is 1. The van der Waals surface area contributed by atoms with Gasteiger partial charge >= 0.3 is 11.9 Å². The molecule has 62 heavy (non-hydrogen) atoms. The van der Waals surface area contributed by atoms with Crippen molar-refractivity contribution < 1.29 is 38.7 Å². The molecule has 0 amide bonds. The summed E-state index contributed by atoms with van der Waals surface area (Å²) in [6, 6.07) is 36.6. The first-order valence-corrected chi connectivity index (χ1v) is 21.1. The highest BCUT2D eigenvalue weighted by molar-refractivity contribution is 5.89. The van der Waals surface area contributed by atoms with Crippen molar-refractivity contribution in [2.45, 2.75) is 57.1 Å². The maximum absolute atomic E-state index is 13.4. The summed E-state index contributed by atoms with van der Waals surface area (Å²) in [5, 5.41) is 24.9. The van der Waals surface area contributed by atoms with Crippen LogP contribution in [-0.4, -0.2) is 71.4 Å². The van der Waals surface area contributed by atoms with E-state index < -0.39 is 12.1 Å². The number of pyridine rings is 1. The van der Waals surface area contributed by atoms with E-state index in [1.54, 1.807) is 31.4 Å². The second-order valence-corrected chi connectivity index (χ2v) is 16.0. The number of carbonyl (C=O) groups excluding carboxylic acids is 2. The summed E-state index contributed by atoms with van der Waals surface area (Å²) in [5.41, 5.74) is 5.39. The number of aromatic nitrogens is 1. The molecule has 3 atom stereocenters. The van der Waals surface area contributed by atoms with E-state index in [-0.39, 0.29) is 61.0 Å². The predicted octanol–water partition coefficient (Wildman–Crippen LogP) is 7.16. The van der Waals surface area contributed by atoms with E-state index in [1.807, 2.05) is 84.9 Å². The Kier molecular flexibility index (Phi) is 13.3. The number of hydrogen-bond donors (Lipinski definition) is 4. The van der Waals surface area contributed by atoms with Crippen molar-refractivity contribution in [3.8, 4) is 17.2 Å². The molecule has 0 radical (unpaired) electrons. The van der Waals surface area contributed by atoms with Gasteiger partial charge in [0, 0.05) is 42.6 Å². The van der Waals surface area contributed by atoms with Gasteiger partial charge in [0.05, 0.1) is 30.7 Å². The molecule has 12 heteroatoms. The Labute approximate surface area is 360 Å². The third kappa shape index (κ3) is 10.2. The normalized spacial score (nSPS) is 17.9. The molecule has 0 saturated carbocycles. The maximum Gasteiger partial charge on any atom is 0.338 e. The number of aromatic amines is 1. The van der Waals surface area contributed by atoms with Gasteiger partial charge in [-0.05, 0) is 102 Å². The maximum atomic E-state index is 13.4. The third-order valence-corrected chi connectivity index (χ3v) is 11.9. The molecule has 12 nitrogen and oxygen atoms in total. The molecule has 0 spiro atoms. The number of piperidine rings is 3. The van der Waals surface area contributed by atoms with E-state index in [0.717, 1.165) is 60.3 Å². The van der Waals surface area contributed by atoms with E-state index in [0.29, 0.717) is 40.5 Å². The highest BCUT2D eigenvalue weighted by atomic mass is 16.5. The number of aromatic hydroxyl groups is 1. The van der Waals surface area contributed by atoms with Crippen LogP contribution in [0.2, 0.25) is 0 Å². The lowest BCUT2D eigenvalue weighted by Crippen LogP contribution is -2.52. The van der Waals surface area contributed by atoms with Crippen LogP contribution < -0.4 is 20.3 Å². The molecule has 3 aliphatic heterocycles. The van der Waals surface area contributed by atoms with Gasteiger partial charge in [-0.2, -0.15) is 0 Å². The molecule has 3 fully saturated rings. The lowest BCUT2D eigenvalue weighted by molar-refractivity contribution is -0.159. The molecule has 3 saturated heterocycles. The van der Waals surface area contributed by atoms with Gasteiger partial charge < -0.3 is 39.5 Å². The molecule has 0 aliphatic carbocycles. The molecule has 1 aromatic heterocycles. The summed E-state index contributed by atoms with van der Waals surface area (Å²) < 4.78 is 23.6. The van der Waals surface area contributed by atoms with Gasteiger partial charge in [0.1, 0.15) is 36.6 Å². The molecule has 9 rings (SSSR count). The van der Waals surface area contributed by atoms with Gasteiger partial charge in [0.2, 0.25) is 5.56 Å². The Hall–Kier alpha value is -6.47. The summed E-state index contributed by atoms with van der Waals surface area (Å²) in [5.74, 6) is 0.829. The van der Waals surface area contributed by atoms with Gasteiger partial charge in [-0.25, -0.2) is 4.79 Å². The number of phenols is 1. The first-order chi connectivity index (χ1) is 30.2. The summed E-state index contributed by atoms with van der Waals surface area (Å²) in [7, 11) is 1.56. The van der Waals surface area contributed by atoms with Crippen LogP contribution >= 0.6 is 0 Å². The van der Waals surface area contributed by atoms with Crippen LogP contribution in [0.25, 0.3) is 10.9 Å². The standard InChI is InChI=1S/C50H51N3O9/c1-59-45-24-33(12-15-38(45)27-51-28-44(55)40-16-18-43(54)49-41(40)17-19-47(56)52-49)31-61-50(58)36-13-10-32(11-14-36)30-60-39-9-5-8-37(25-39)42(34-6-3-2-4-7-34)26-48(57)62-46-29-53-22-20-35(46)21-23-53/h2-19,24-25,35,42,44,46,51,54-55H,20-23,26-31H2,1H3,(H,52,56)/t42-,44-,46-/m0/s1. The largest absolute Gasteiger partial charge is 0.506 e. The predicted molar refractivity (Wildman–Crippen MR) is 234 cm³/mol. The number of ether oxygens (including phenoxy) is 4. The van der Waals surface area contributed by atoms with E-state index in [1.165, 1.54) is 12.1 Å². The topological polar surface area (TPSA) is 160 Å². The zero-order valence-electron chi connectivity index (χ0n) is 34.6. The fourth-order valence-corrected chi connectivity index (χ4v) is 8.53. The molecule has 6 aromatic rings. The van der Waals surface area contributed by atoms with Crippen LogP contribution in [0.3, 0.4) is 0 Å². The first-order valence-electron chi connectivity index (χ1n) is 21.1. The third-order valence-electron chi connectivity index (χ3n) is 11.9. The Morgan fingerprint density at radius 1 is 0.855 bits per heavy atom. The number of fused-ring (bicyclic) bond motifs is 4. The summed E-state index contributed by atoms with van der Waals surface area (Å²) >= 11 is 0. The van der Waals surface area contributed by atoms with Crippen LogP contribution in [0.15, 0.2) is 126 Å². The number of hydrogen-bond acceptors (Lipinski definition) is 11. The van der Waals surface area contributed by atoms with Gasteiger partial charge in [0.15, 0.2) is 0 Å². The number of esters is 2. The van der Waals surface area contributed by atoms with Gasteiger partial charge in [-0.15, -0.1) is 0 Å². The number of carbonyl (C=O) groups is 2. The number of nitrogens with one attached hydrogen (secondary N) is 2. The first kappa shape index (κ1) is 42.2. The minimum absolute atomic E-state index is 0.0341. The lowest BCUT2D eigenvalue weighted by Gasteiger charge is -2.44. The molecular weight excluding hydrogens is 787 g/mol. The van der Waals surface area contributed by atoms with Gasteiger partial charge in [-0.3, -0.25) is 14.5 Å². The van der Waals surface area contributed by atoms with E-state index in [4.69, 9.17) is 18.9 Å². The highest BCUT2D eigenvalue weighted by Gasteiger charge is 2.37. The van der Waals surface area contributed by atoms with Crippen LogP contribution in [0.4, 0.5) is 0 Å². The van der Waals surface area contributed by atoms with Crippen molar-refractivity contribution in [1.29, 1.82) is 0 Å². The molecule has 4 N–H and O–H groups in total. The van der Waals surface area contributed by atoms with Crippen molar-refractivity contribution in [3.05, 3.63) is 171 Å². The zero-order valence-corrected chi connectivity index (χ0v) is 34.6. The quantitative estimate of drug-likeness (QED) is 0.0691. The number of H-pyrrole nitrogens is 1.